The first-order valence-electron chi connectivity index (χ1n) is 10.4. The zero-order chi connectivity index (χ0) is 16.9. The van der Waals surface area contributed by atoms with Gasteiger partial charge >= 0.3 is 6.09 Å². The third-order valence-corrected chi connectivity index (χ3v) is 7.79. The van der Waals surface area contributed by atoms with Gasteiger partial charge in [0.15, 0.2) is 0 Å². The highest BCUT2D eigenvalue weighted by Gasteiger charge is 2.55. The van der Waals surface area contributed by atoms with Gasteiger partial charge in [-0.25, -0.2) is 4.79 Å². The molecule has 0 aromatic heterocycles. The number of carbonyl (C=O) groups excluding carboxylic acids is 1. The lowest BCUT2D eigenvalue weighted by Gasteiger charge is -2.61. The number of hydrogen-bond acceptors (Lipinski definition) is 2. The molecule has 0 aliphatic heterocycles. The van der Waals surface area contributed by atoms with Crippen molar-refractivity contribution in [3.63, 3.8) is 0 Å². The fourth-order valence-electron chi connectivity index (χ4n) is 6.84. The number of nitrogens with one attached hydrogen (secondary N) is 1. The number of rotatable bonds is 1. The molecule has 5 fully saturated rings. The maximum absolute atomic E-state index is 12.3. The average Bonchev–Trinajstić information content (AvgIpc) is 2.53. The second kappa shape index (κ2) is 5.92. The van der Waals surface area contributed by atoms with E-state index in [4.69, 9.17) is 4.74 Å². The van der Waals surface area contributed by atoms with Gasteiger partial charge in [-0.2, -0.15) is 0 Å². The lowest BCUT2D eigenvalue weighted by molar-refractivity contribution is -0.107. The number of hydrogen-bond donors (Lipinski definition) is 1. The number of fused-ring (bicyclic) bond motifs is 3. The van der Waals surface area contributed by atoms with Crippen molar-refractivity contribution in [2.45, 2.75) is 96.6 Å². The van der Waals surface area contributed by atoms with Crippen LogP contribution in [-0.4, -0.2) is 17.7 Å². The fraction of sp³-hybridized carbons (Fsp3) is 0.952. The van der Waals surface area contributed by atoms with E-state index in [0.717, 1.165) is 24.2 Å². The summed E-state index contributed by atoms with van der Waals surface area (Å²) in [6.45, 7) is 5.83. The normalized spacial score (nSPS) is 44.4. The lowest BCUT2D eigenvalue weighted by Crippen LogP contribution is -2.56. The van der Waals surface area contributed by atoms with Gasteiger partial charge in [0.2, 0.25) is 0 Å². The summed E-state index contributed by atoms with van der Waals surface area (Å²) in [5, 5.41) is 3.25. The van der Waals surface area contributed by atoms with E-state index >= 15 is 0 Å². The Kier molecular flexibility index (Phi) is 4.12. The number of amides is 1. The third-order valence-electron chi connectivity index (χ3n) is 7.79. The molecule has 5 aliphatic rings. The highest BCUT2D eigenvalue weighted by atomic mass is 16.6. The predicted octanol–water partition coefficient (Wildman–Crippen LogP) is 5.29. The van der Waals surface area contributed by atoms with Gasteiger partial charge in [-0.05, 0) is 108 Å². The minimum atomic E-state index is -0.405. The topological polar surface area (TPSA) is 38.3 Å². The number of alkyl carbamates (subject to hydrolysis) is 1. The summed E-state index contributed by atoms with van der Waals surface area (Å²) in [5.41, 5.74) is 0.279. The van der Waals surface area contributed by atoms with Crippen molar-refractivity contribution in [1.29, 1.82) is 0 Å². The van der Waals surface area contributed by atoms with Gasteiger partial charge < -0.3 is 10.1 Å². The zero-order valence-corrected chi connectivity index (χ0v) is 15.8. The first kappa shape index (κ1) is 16.7. The van der Waals surface area contributed by atoms with E-state index in [1.165, 1.54) is 57.8 Å². The molecule has 0 aromatic rings. The molecule has 3 nitrogen and oxygen atoms in total. The lowest BCUT2D eigenvalue weighted by atomic mass is 9.44. The molecule has 0 saturated heterocycles. The van der Waals surface area contributed by atoms with E-state index in [0.29, 0.717) is 17.4 Å². The maximum Gasteiger partial charge on any atom is 0.407 e. The Morgan fingerprint density at radius 1 is 1.00 bits per heavy atom. The fourth-order valence-corrected chi connectivity index (χ4v) is 6.84. The van der Waals surface area contributed by atoms with Gasteiger partial charge in [0.05, 0.1) is 0 Å². The van der Waals surface area contributed by atoms with Crippen molar-refractivity contribution in [3.8, 4) is 0 Å². The first-order chi connectivity index (χ1) is 11.4. The van der Waals surface area contributed by atoms with E-state index in [2.05, 4.69) is 5.32 Å². The van der Waals surface area contributed by atoms with E-state index in [9.17, 15) is 4.79 Å². The smallest absolute Gasteiger partial charge is 0.407 e. The summed E-state index contributed by atoms with van der Waals surface area (Å²) in [7, 11) is 0. The van der Waals surface area contributed by atoms with Gasteiger partial charge in [-0.1, -0.05) is 6.42 Å². The molecule has 0 heterocycles. The van der Waals surface area contributed by atoms with Crippen LogP contribution < -0.4 is 5.32 Å². The zero-order valence-electron chi connectivity index (χ0n) is 15.8. The van der Waals surface area contributed by atoms with Gasteiger partial charge in [0.25, 0.3) is 0 Å². The largest absolute Gasteiger partial charge is 0.444 e. The van der Waals surface area contributed by atoms with Crippen LogP contribution in [-0.2, 0) is 4.74 Å². The third kappa shape index (κ3) is 2.97. The minimum Gasteiger partial charge on any atom is -0.444 e. The molecule has 1 spiro atoms. The Morgan fingerprint density at radius 3 is 2.42 bits per heavy atom. The molecule has 1 amide bonds. The summed E-state index contributed by atoms with van der Waals surface area (Å²) in [4.78, 5) is 12.3. The van der Waals surface area contributed by atoms with Crippen molar-refractivity contribution in [2.24, 2.45) is 29.1 Å². The molecule has 24 heavy (non-hydrogen) atoms. The molecular formula is C21H35NO2. The van der Waals surface area contributed by atoms with Crippen molar-refractivity contribution in [1.82, 2.24) is 5.32 Å². The summed E-state index contributed by atoms with van der Waals surface area (Å²) >= 11 is 0. The molecule has 1 N–H and O–H groups in total. The number of carbonyl (C=O) groups is 1. The molecule has 0 radical (unpaired) electrons. The quantitative estimate of drug-likeness (QED) is 0.708. The summed E-state index contributed by atoms with van der Waals surface area (Å²) in [6.07, 6.45) is 13.8. The number of ether oxygens (including phenoxy) is 1. The van der Waals surface area contributed by atoms with Crippen molar-refractivity contribution < 1.29 is 9.53 Å². The molecule has 4 atom stereocenters. The van der Waals surface area contributed by atoms with Gasteiger partial charge in [0.1, 0.15) is 5.60 Å². The Bertz CT molecular complexity index is 487. The van der Waals surface area contributed by atoms with Crippen LogP contribution >= 0.6 is 0 Å². The average molecular weight is 334 g/mol. The second-order valence-corrected chi connectivity index (χ2v) is 10.2. The van der Waals surface area contributed by atoms with Crippen molar-refractivity contribution >= 4 is 6.09 Å². The molecule has 0 aromatic carbocycles. The maximum atomic E-state index is 12.3. The predicted molar refractivity (Wildman–Crippen MR) is 95.7 cm³/mol. The van der Waals surface area contributed by atoms with Crippen LogP contribution in [0.3, 0.4) is 0 Å². The Balaban J connectivity index is 1.46. The second-order valence-electron chi connectivity index (χ2n) is 10.2. The molecule has 136 valence electrons. The molecule has 4 unspecified atom stereocenters. The van der Waals surface area contributed by atoms with Gasteiger partial charge in [-0.15, -0.1) is 0 Å². The summed E-state index contributed by atoms with van der Waals surface area (Å²) in [5.74, 6) is 3.51. The Hall–Kier alpha value is -0.730. The molecule has 3 heteroatoms. The minimum absolute atomic E-state index is 0.210. The van der Waals surface area contributed by atoms with E-state index in [1.54, 1.807) is 0 Å². The SMILES string of the molecule is CC(C)(C)OC(=O)NC1CCCC2C1CCC13CCC(CC1)CC23. The van der Waals surface area contributed by atoms with Crippen LogP contribution in [0.2, 0.25) is 0 Å². The van der Waals surface area contributed by atoms with Crippen LogP contribution in [0.4, 0.5) is 4.79 Å². The van der Waals surface area contributed by atoms with E-state index in [-0.39, 0.29) is 6.09 Å². The molecule has 5 rings (SSSR count). The molecule has 2 bridgehead atoms. The highest BCUT2D eigenvalue weighted by molar-refractivity contribution is 5.68. The van der Waals surface area contributed by atoms with Crippen molar-refractivity contribution in [3.05, 3.63) is 0 Å². The molecule has 5 saturated carbocycles. The van der Waals surface area contributed by atoms with Crippen LogP contribution in [0, 0.1) is 29.1 Å². The standard InChI is InChI=1S/C21H35NO2/c1-20(2,3)24-19(23)22-18-6-4-5-15-16(18)9-12-21-10-7-14(8-11-21)13-17(15)21/h14-18H,4-13H2,1-3H3,(H,22,23). The van der Waals surface area contributed by atoms with E-state index < -0.39 is 5.60 Å². The van der Waals surface area contributed by atoms with E-state index in [1.807, 2.05) is 20.8 Å². The highest BCUT2D eigenvalue weighted by Crippen LogP contribution is 2.64. The molecule has 5 aliphatic carbocycles. The summed E-state index contributed by atoms with van der Waals surface area (Å²) < 4.78 is 5.52. The Morgan fingerprint density at radius 2 is 1.71 bits per heavy atom. The van der Waals surface area contributed by atoms with Crippen molar-refractivity contribution in [2.75, 3.05) is 0 Å². The van der Waals surface area contributed by atoms with Crippen LogP contribution in [0.25, 0.3) is 0 Å². The monoisotopic (exact) mass is 333 g/mol. The first-order valence-corrected chi connectivity index (χ1v) is 10.4. The summed E-state index contributed by atoms with van der Waals surface area (Å²) in [6, 6.07) is 0.344. The van der Waals surface area contributed by atoms with Crippen LogP contribution in [0.1, 0.15) is 85.0 Å². The van der Waals surface area contributed by atoms with Crippen LogP contribution in [0.5, 0.6) is 0 Å². The van der Waals surface area contributed by atoms with Crippen LogP contribution in [0.15, 0.2) is 0 Å². The Labute approximate surface area is 147 Å². The van der Waals surface area contributed by atoms with Gasteiger partial charge in [0, 0.05) is 6.04 Å². The van der Waals surface area contributed by atoms with Gasteiger partial charge in [-0.3, -0.25) is 0 Å². The molecular weight excluding hydrogens is 298 g/mol.